The van der Waals surface area contributed by atoms with E-state index < -0.39 is 18.3 Å². The highest BCUT2D eigenvalue weighted by atomic mass is 16.7. The normalized spacial score (nSPS) is 25.5. The minimum absolute atomic E-state index is 0.173. The predicted octanol–water partition coefficient (Wildman–Crippen LogP) is 1.25. The molecule has 0 radical (unpaired) electrons. The first-order valence-electron chi connectivity index (χ1n) is 8.99. The van der Waals surface area contributed by atoms with Crippen molar-refractivity contribution in [1.29, 1.82) is 0 Å². The second-order valence-corrected chi connectivity index (χ2v) is 7.78. The molecular weight excluding hydrogens is 323 g/mol. The third-order valence-electron chi connectivity index (χ3n) is 5.47. The smallest absolute Gasteiger partial charge is 0.399 e. The zero-order valence-electron chi connectivity index (χ0n) is 15.9. The molecule has 1 unspecified atom stereocenters. The molecule has 1 atom stereocenters. The van der Waals surface area contributed by atoms with Crippen LogP contribution >= 0.6 is 0 Å². The minimum atomic E-state index is -0.577. The highest BCUT2D eigenvalue weighted by Crippen LogP contribution is 2.37. The van der Waals surface area contributed by atoms with Crippen molar-refractivity contribution in [1.82, 2.24) is 9.78 Å². The van der Waals surface area contributed by atoms with Gasteiger partial charge in [0.2, 0.25) is 0 Å². The molecule has 2 aliphatic heterocycles. The molecule has 0 bridgehead atoms. The molecule has 1 aromatic rings. The van der Waals surface area contributed by atoms with E-state index >= 15 is 0 Å². The van der Waals surface area contributed by atoms with Crippen LogP contribution in [0.4, 0.5) is 0 Å². The van der Waals surface area contributed by atoms with E-state index in [9.17, 15) is 5.11 Å². The Morgan fingerprint density at radius 2 is 1.92 bits per heavy atom. The van der Waals surface area contributed by atoms with E-state index in [1.54, 1.807) is 4.68 Å². The molecule has 25 heavy (non-hydrogen) atoms. The molecule has 0 amide bonds. The maximum Gasteiger partial charge on any atom is 0.498 e. The van der Waals surface area contributed by atoms with Crippen molar-refractivity contribution >= 4 is 12.6 Å². The highest BCUT2D eigenvalue weighted by Gasteiger charge is 2.53. The van der Waals surface area contributed by atoms with Crippen LogP contribution in [0, 0.1) is 0 Å². The second-order valence-electron chi connectivity index (χ2n) is 7.78. The molecule has 2 aliphatic rings. The first-order valence-corrected chi connectivity index (χ1v) is 8.99. The zero-order valence-corrected chi connectivity index (χ0v) is 15.9. The Labute approximate surface area is 149 Å². The number of aliphatic hydroxyl groups is 1. The SMILES string of the molecule is Cn1nc(CO)c(B2OC(C)(C)C(C)(C)O2)c1COC1CCCCO1. The number of aliphatic hydroxyl groups excluding tert-OH is 1. The third kappa shape index (κ3) is 3.64. The van der Waals surface area contributed by atoms with Gasteiger partial charge in [0, 0.05) is 19.1 Å². The lowest BCUT2D eigenvalue weighted by Crippen LogP contribution is -2.41. The standard InChI is InChI=1S/C17H29BN2O5/c1-16(2)17(3,4)25-18(24-16)15-12(10-21)19-20(5)13(15)11-23-14-8-6-7-9-22-14/h14,21H,6-11H2,1-5H3. The number of nitrogens with zero attached hydrogens (tertiary/aromatic N) is 2. The summed E-state index contributed by atoms with van der Waals surface area (Å²) in [4.78, 5) is 0. The van der Waals surface area contributed by atoms with Crippen LogP contribution in [0.5, 0.6) is 0 Å². The van der Waals surface area contributed by atoms with E-state index in [4.69, 9.17) is 18.8 Å². The molecule has 0 spiro atoms. The fourth-order valence-electron chi connectivity index (χ4n) is 3.17. The van der Waals surface area contributed by atoms with Crippen molar-refractivity contribution in [3.8, 4) is 0 Å². The Morgan fingerprint density at radius 3 is 2.48 bits per heavy atom. The summed E-state index contributed by atoms with van der Waals surface area (Å²) in [6, 6.07) is 0. The van der Waals surface area contributed by atoms with Crippen molar-refractivity contribution in [2.24, 2.45) is 7.05 Å². The number of aryl methyl sites for hydroxylation is 1. The van der Waals surface area contributed by atoms with Gasteiger partial charge in [-0.15, -0.1) is 0 Å². The molecule has 3 heterocycles. The summed E-state index contributed by atoms with van der Waals surface area (Å²) in [5.41, 5.74) is 1.26. The van der Waals surface area contributed by atoms with Gasteiger partial charge in [-0.2, -0.15) is 5.10 Å². The van der Waals surface area contributed by atoms with Gasteiger partial charge in [-0.05, 0) is 47.0 Å². The first-order chi connectivity index (χ1) is 11.7. The summed E-state index contributed by atoms with van der Waals surface area (Å²) < 4.78 is 25.6. The quantitative estimate of drug-likeness (QED) is 0.804. The molecule has 1 aromatic heterocycles. The van der Waals surface area contributed by atoms with Gasteiger partial charge in [0.25, 0.3) is 0 Å². The summed E-state index contributed by atoms with van der Waals surface area (Å²) in [7, 11) is 1.26. The van der Waals surface area contributed by atoms with Crippen LogP contribution in [0.15, 0.2) is 0 Å². The monoisotopic (exact) mass is 352 g/mol. The molecular formula is C17H29BN2O5. The Hall–Kier alpha value is -0.925. The summed E-state index contributed by atoms with van der Waals surface area (Å²) in [5.74, 6) is 0. The number of hydrogen-bond acceptors (Lipinski definition) is 6. The fourth-order valence-corrected chi connectivity index (χ4v) is 3.17. The van der Waals surface area contributed by atoms with Crippen molar-refractivity contribution < 1.29 is 23.9 Å². The summed E-state index contributed by atoms with van der Waals surface area (Å²) in [5, 5.41) is 14.2. The average molecular weight is 352 g/mol. The van der Waals surface area contributed by atoms with E-state index in [-0.39, 0.29) is 12.9 Å². The highest BCUT2D eigenvalue weighted by molar-refractivity contribution is 6.63. The molecule has 8 heteroatoms. The second kappa shape index (κ2) is 7.00. The van der Waals surface area contributed by atoms with Crippen molar-refractivity contribution in [2.45, 2.75) is 77.7 Å². The van der Waals surface area contributed by atoms with Crippen LogP contribution in [-0.2, 0) is 39.0 Å². The summed E-state index contributed by atoms with van der Waals surface area (Å²) in [6.07, 6.45) is 2.91. The summed E-state index contributed by atoms with van der Waals surface area (Å²) in [6.45, 7) is 8.94. The third-order valence-corrected chi connectivity index (χ3v) is 5.47. The van der Waals surface area contributed by atoms with Gasteiger partial charge in [-0.25, -0.2) is 0 Å². The molecule has 7 nitrogen and oxygen atoms in total. The molecule has 0 aliphatic carbocycles. The van der Waals surface area contributed by atoms with Gasteiger partial charge in [0.15, 0.2) is 6.29 Å². The number of rotatable bonds is 5. The van der Waals surface area contributed by atoms with Crippen molar-refractivity contribution in [3.63, 3.8) is 0 Å². The van der Waals surface area contributed by atoms with Gasteiger partial charge >= 0.3 is 7.12 Å². The number of hydrogen-bond donors (Lipinski definition) is 1. The molecule has 2 fully saturated rings. The van der Waals surface area contributed by atoms with E-state index in [1.165, 1.54) is 0 Å². The van der Waals surface area contributed by atoms with Crippen LogP contribution in [0.3, 0.4) is 0 Å². The molecule has 140 valence electrons. The number of ether oxygens (including phenoxy) is 2. The van der Waals surface area contributed by atoms with Crippen LogP contribution in [0.2, 0.25) is 0 Å². The van der Waals surface area contributed by atoms with Crippen LogP contribution < -0.4 is 5.46 Å². The fraction of sp³-hybridized carbons (Fsp3) is 0.824. The maximum atomic E-state index is 9.74. The Balaban J connectivity index is 1.83. The van der Waals surface area contributed by atoms with Gasteiger partial charge in [-0.1, -0.05) is 0 Å². The van der Waals surface area contributed by atoms with Gasteiger partial charge in [0.1, 0.15) is 0 Å². The largest absolute Gasteiger partial charge is 0.498 e. The van der Waals surface area contributed by atoms with E-state index in [1.807, 2.05) is 34.7 Å². The minimum Gasteiger partial charge on any atom is -0.399 e. The summed E-state index contributed by atoms with van der Waals surface area (Å²) >= 11 is 0. The maximum absolute atomic E-state index is 9.74. The Morgan fingerprint density at radius 1 is 1.24 bits per heavy atom. The molecule has 0 saturated carbocycles. The molecule has 2 saturated heterocycles. The lowest BCUT2D eigenvalue weighted by atomic mass is 9.77. The van der Waals surface area contributed by atoms with Gasteiger partial charge in [0.05, 0.1) is 35.8 Å². The average Bonchev–Trinajstić information content (AvgIpc) is 2.99. The Kier molecular flexibility index (Phi) is 5.28. The molecule has 1 N–H and O–H groups in total. The molecule has 3 rings (SSSR count). The molecule has 0 aromatic carbocycles. The first kappa shape index (κ1) is 18.9. The van der Waals surface area contributed by atoms with Crippen LogP contribution in [0.25, 0.3) is 0 Å². The van der Waals surface area contributed by atoms with Crippen molar-refractivity contribution in [3.05, 3.63) is 11.4 Å². The van der Waals surface area contributed by atoms with Gasteiger partial charge < -0.3 is 23.9 Å². The van der Waals surface area contributed by atoms with E-state index in [0.29, 0.717) is 12.3 Å². The zero-order chi connectivity index (χ0) is 18.2. The lowest BCUT2D eigenvalue weighted by Gasteiger charge is -2.32. The van der Waals surface area contributed by atoms with Gasteiger partial charge in [-0.3, -0.25) is 4.68 Å². The van der Waals surface area contributed by atoms with E-state index in [2.05, 4.69) is 5.10 Å². The van der Waals surface area contributed by atoms with Crippen LogP contribution in [0.1, 0.15) is 58.3 Å². The predicted molar refractivity (Wildman–Crippen MR) is 93.2 cm³/mol. The lowest BCUT2D eigenvalue weighted by molar-refractivity contribution is -0.169. The van der Waals surface area contributed by atoms with Crippen molar-refractivity contribution in [2.75, 3.05) is 6.61 Å². The topological polar surface area (TPSA) is 75.0 Å². The Bertz CT molecular complexity index is 594. The van der Waals surface area contributed by atoms with Crippen LogP contribution in [-0.4, -0.2) is 46.1 Å². The number of aromatic nitrogens is 2. The van der Waals surface area contributed by atoms with E-state index in [0.717, 1.165) is 37.0 Å².